The zero-order chi connectivity index (χ0) is 12.0. The van der Waals surface area contributed by atoms with Crippen molar-refractivity contribution in [2.45, 2.75) is 26.2 Å². The fourth-order valence-electron chi connectivity index (χ4n) is 1.82. The van der Waals surface area contributed by atoms with Crippen molar-refractivity contribution >= 4 is 11.9 Å². The van der Waals surface area contributed by atoms with E-state index in [1.807, 2.05) is 6.92 Å². The van der Waals surface area contributed by atoms with Gasteiger partial charge in [0.05, 0.1) is 18.4 Å². The van der Waals surface area contributed by atoms with E-state index in [2.05, 4.69) is 5.32 Å². The first kappa shape index (κ1) is 13.0. The van der Waals surface area contributed by atoms with Crippen molar-refractivity contribution in [2.24, 2.45) is 11.8 Å². The van der Waals surface area contributed by atoms with Crippen molar-refractivity contribution in [3.8, 4) is 0 Å². The maximum absolute atomic E-state index is 11.7. The van der Waals surface area contributed by atoms with Gasteiger partial charge in [0.1, 0.15) is 0 Å². The summed E-state index contributed by atoms with van der Waals surface area (Å²) in [5.41, 5.74) is 0. The molecule has 1 saturated heterocycles. The number of ether oxygens (including phenoxy) is 1. The van der Waals surface area contributed by atoms with Gasteiger partial charge in [-0.05, 0) is 19.4 Å². The average molecular weight is 229 g/mol. The normalized spacial score (nSPS) is 25.1. The van der Waals surface area contributed by atoms with Crippen molar-refractivity contribution in [2.75, 3.05) is 19.7 Å². The summed E-state index contributed by atoms with van der Waals surface area (Å²) in [6, 6.07) is 0. The molecule has 92 valence electrons. The van der Waals surface area contributed by atoms with Crippen LogP contribution < -0.4 is 5.32 Å². The molecule has 5 heteroatoms. The third-order valence-corrected chi connectivity index (χ3v) is 2.84. The van der Waals surface area contributed by atoms with E-state index in [0.29, 0.717) is 26.1 Å². The lowest BCUT2D eigenvalue weighted by atomic mass is 9.86. The van der Waals surface area contributed by atoms with Crippen LogP contribution in [0.1, 0.15) is 26.2 Å². The van der Waals surface area contributed by atoms with Crippen LogP contribution in [0.25, 0.3) is 0 Å². The van der Waals surface area contributed by atoms with E-state index in [1.165, 1.54) is 0 Å². The number of hydrogen-bond donors (Lipinski definition) is 2. The molecule has 0 aromatic heterocycles. The van der Waals surface area contributed by atoms with Gasteiger partial charge in [-0.2, -0.15) is 0 Å². The Morgan fingerprint density at radius 1 is 1.44 bits per heavy atom. The predicted molar refractivity (Wildman–Crippen MR) is 58.0 cm³/mol. The molecule has 1 rings (SSSR count). The van der Waals surface area contributed by atoms with Gasteiger partial charge in [-0.15, -0.1) is 0 Å². The largest absolute Gasteiger partial charge is 0.481 e. The molecule has 1 aliphatic rings. The van der Waals surface area contributed by atoms with Crippen molar-refractivity contribution in [3.63, 3.8) is 0 Å². The Morgan fingerprint density at radius 3 is 2.81 bits per heavy atom. The fraction of sp³-hybridized carbons (Fsp3) is 0.818. The van der Waals surface area contributed by atoms with Gasteiger partial charge < -0.3 is 15.2 Å². The number of rotatable bonds is 5. The number of piperidine rings is 1. The molecule has 0 bridgehead atoms. The summed E-state index contributed by atoms with van der Waals surface area (Å²) in [7, 11) is 0. The summed E-state index contributed by atoms with van der Waals surface area (Å²) < 4.78 is 5.07. The predicted octanol–water partition coefficient (Wildman–Crippen LogP) is 0.640. The second-order valence-corrected chi connectivity index (χ2v) is 4.07. The highest BCUT2D eigenvalue weighted by Gasteiger charge is 2.36. The molecule has 0 aromatic carbocycles. The Balaban J connectivity index is 2.47. The number of carboxylic acid groups (broad SMARTS) is 1. The van der Waals surface area contributed by atoms with Crippen LogP contribution in [0, 0.1) is 11.8 Å². The minimum Gasteiger partial charge on any atom is -0.481 e. The SMILES string of the molecule is CCCCOC(=O)[C@H]1CCNC[C@@H]1C(=O)O. The quantitative estimate of drug-likeness (QED) is 0.534. The molecule has 0 unspecified atom stereocenters. The van der Waals surface area contributed by atoms with Crippen LogP contribution in [0.4, 0.5) is 0 Å². The van der Waals surface area contributed by atoms with Crippen LogP contribution in [0.3, 0.4) is 0 Å². The minimum absolute atomic E-state index is 0.350. The molecule has 5 nitrogen and oxygen atoms in total. The van der Waals surface area contributed by atoms with Gasteiger partial charge in [0.2, 0.25) is 0 Å². The lowest BCUT2D eigenvalue weighted by Crippen LogP contribution is -2.44. The van der Waals surface area contributed by atoms with Gasteiger partial charge in [0.25, 0.3) is 0 Å². The second kappa shape index (κ2) is 6.48. The van der Waals surface area contributed by atoms with Crippen molar-refractivity contribution < 1.29 is 19.4 Å². The van der Waals surface area contributed by atoms with E-state index in [9.17, 15) is 9.59 Å². The highest BCUT2D eigenvalue weighted by Crippen LogP contribution is 2.21. The summed E-state index contributed by atoms with van der Waals surface area (Å²) >= 11 is 0. The number of nitrogens with one attached hydrogen (secondary N) is 1. The van der Waals surface area contributed by atoms with Crippen LogP contribution in [0.5, 0.6) is 0 Å². The Hall–Kier alpha value is -1.10. The first-order valence-corrected chi connectivity index (χ1v) is 5.77. The van der Waals surface area contributed by atoms with Gasteiger partial charge in [0.15, 0.2) is 0 Å². The van der Waals surface area contributed by atoms with E-state index in [-0.39, 0.29) is 5.97 Å². The molecule has 0 radical (unpaired) electrons. The van der Waals surface area contributed by atoms with Crippen molar-refractivity contribution in [1.82, 2.24) is 5.32 Å². The van der Waals surface area contributed by atoms with E-state index in [1.54, 1.807) is 0 Å². The van der Waals surface area contributed by atoms with Crippen LogP contribution >= 0.6 is 0 Å². The smallest absolute Gasteiger partial charge is 0.309 e. The maximum atomic E-state index is 11.7. The summed E-state index contributed by atoms with van der Waals surface area (Å²) in [6.45, 7) is 3.43. The number of carbonyl (C=O) groups is 2. The Kier molecular flexibility index (Phi) is 5.25. The summed E-state index contributed by atoms with van der Waals surface area (Å²) in [4.78, 5) is 22.6. The molecule has 16 heavy (non-hydrogen) atoms. The van der Waals surface area contributed by atoms with Crippen LogP contribution in [0.2, 0.25) is 0 Å². The van der Waals surface area contributed by atoms with Crippen LogP contribution in [-0.2, 0) is 14.3 Å². The van der Waals surface area contributed by atoms with Crippen molar-refractivity contribution in [1.29, 1.82) is 0 Å². The lowest BCUT2D eigenvalue weighted by molar-refractivity contribution is -0.159. The third kappa shape index (κ3) is 3.48. The van der Waals surface area contributed by atoms with Crippen LogP contribution in [0.15, 0.2) is 0 Å². The van der Waals surface area contributed by atoms with E-state index in [0.717, 1.165) is 12.8 Å². The van der Waals surface area contributed by atoms with E-state index in [4.69, 9.17) is 9.84 Å². The van der Waals surface area contributed by atoms with Gasteiger partial charge >= 0.3 is 11.9 Å². The van der Waals surface area contributed by atoms with Gasteiger partial charge in [-0.1, -0.05) is 13.3 Å². The third-order valence-electron chi connectivity index (χ3n) is 2.84. The van der Waals surface area contributed by atoms with E-state index >= 15 is 0 Å². The zero-order valence-electron chi connectivity index (χ0n) is 9.57. The van der Waals surface area contributed by atoms with Gasteiger partial charge in [-0.3, -0.25) is 9.59 Å². The first-order valence-electron chi connectivity index (χ1n) is 5.77. The fourth-order valence-corrected chi connectivity index (χ4v) is 1.82. The van der Waals surface area contributed by atoms with Crippen molar-refractivity contribution in [3.05, 3.63) is 0 Å². The molecule has 2 atom stereocenters. The summed E-state index contributed by atoms with van der Waals surface area (Å²) in [5, 5.41) is 12.0. The molecule has 0 saturated carbocycles. The highest BCUT2D eigenvalue weighted by molar-refractivity contribution is 5.81. The Morgan fingerprint density at radius 2 is 2.19 bits per heavy atom. The maximum Gasteiger partial charge on any atom is 0.309 e. The Labute approximate surface area is 95.2 Å². The average Bonchev–Trinajstić information content (AvgIpc) is 2.29. The number of hydrogen-bond acceptors (Lipinski definition) is 4. The monoisotopic (exact) mass is 229 g/mol. The standard InChI is InChI=1S/C11H19NO4/c1-2-3-6-16-11(15)8-4-5-12-7-9(8)10(13)14/h8-9,12H,2-7H2,1H3,(H,13,14)/t8-,9-/m0/s1. The second-order valence-electron chi connectivity index (χ2n) is 4.07. The molecular weight excluding hydrogens is 210 g/mol. The lowest BCUT2D eigenvalue weighted by Gasteiger charge is -2.27. The van der Waals surface area contributed by atoms with Crippen LogP contribution in [-0.4, -0.2) is 36.7 Å². The Bertz CT molecular complexity index is 254. The number of carboxylic acids is 1. The topological polar surface area (TPSA) is 75.6 Å². The zero-order valence-corrected chi connectivity index (χ0v) is 9.57. The number of aliphatic carboxylic acids is 1. The summed E-state index contributed by atoms with van der Waals surface area (Å²) in [6.07, 6.45) is 2.33. The molecule has 0 amide bonds. The minimum atomic E-state index is -0.926. The molecule has 1 aliphatic heterocycles. The molecular formula is C11H19NO4. The van der Waals surface area contributed by atoms with Gasteiger partial charge in [0, 0.05) is 6.54 Å². The van der Waals surface area contributed by atoms with Gasteiger partial charge in [-0.25, -0.2) is 0 Å². The molecule has 2 N–H and O–H groups in total. The molecule has 0 aliphatic carbocycles. The molecule has 0 aromatic rings. The summed E-state index contributed by atoms with van der Waals surface area (Å²) in [5.74, 6) is -2.43. The molecule has 1 fully saturated rings. The first-order chi connectivity index (χ1) is 7.66. The number of esters is 1. The number of unbranched alkanes of at least 4 members (excludes halogenated alkanes) is 1. The highest BCUT2D eigenvalue weighted by atomic mass is 16.5. The molecule has 1 heterocycles. The molecule has 0 spiro atoms. The number of carbonyl (C=O) groups excluding carboxylic acids is 1. The van der Waals surface area contributed by atoms with E-state index < -0.39 is 17.8 Å².